The summed E-state index contributed by atoms with van der Waals surface area (Å²) in [6.45, 7) is 0.720. The summed E-state index contributed by atoms with van der Waals surface area (Å²) in [6.07, 6.45) is 7.42. The molecule has 7 heteroatoms. The molecule has 0 aliphatic carbocycles. The first-order valence-electron chi connectivity index (χ1n) is 7.27. The number of pyridine rings is 1. The van der Waals surface area contributed by atoms with Crippen molar-refractivity contribution in [2.45, 2.75) is 19.3 Å². The number of nitrogens with one attached hydrogen (secondary N) is 1. The summed E-state index contributed by atoms with van der Waals surface area (Å²) in [5, 5.41) is 6.93. The normalized spacial score (nSPS) is 14.9. The number of hydrogen-bond acceptors (Lipinski definition) is 4. The minimum atomic E-state index is -0.225. The Morgan fingerprint density at radius 1 is 1.27 bits per heavy atom. The molecule has 0 unspecified atom stereocenters. The lowest BCUT2D eigenvalue weighted by Gasteiger charge is -2.26. The molecule has 1 aliphatic rings. The van der Waals surface area contributed by atoms with Crippen molar-refractivity contribution < 1.29 is 9.59 Å². The fourth-order valence-corrected chi connectivity index (χ4v) is 2.46. The number of hydrogen-bond donors (Lipinski definition) is 1. The lowest BCUT2D eigenvalue weighted by Crippen LogP contribution is -2.40. The molecule has 0 aromatic carbocycles. The van der Waals surface area contributed by atoms with Crippen molar-refractivity contribution >= 4 is 17.5 Å². The Balaban J connectivity index is 1.70. The number of nitrogens with zero attached hydrogens (tertiary/aromatic N) is 4. The molecule has 0 spiro atoms. The molecule has 114 valence electrons. The summed E-state index contributed by atoms with van der Waals surface area (Å²) in [7, 11) is 0. The van der Waals surface area contributed by atoms with E-state index in [9.17, 15) is 9.59 Å². The fourth-order valence-electron chi connectivity index (χ4n) is 2.46. The highest BCUT2D eigenvalue weighted by atomic mass is 16.2. The molecule has 1 fully saturated rings. The van der Waals surface area contributed by atoms with Crippen LogP contribution in [0.1, 0.15) is 19.3 Å². The van der Waals surface area contributed by atoms with Gasteiger partial charge in [-0.25, -0.2) is 9.67 Å². The fraction of sp³-hybridized carbons (Fsp3) is 0.333. The first-order valence-corrected chi connectivity index (χ1v) is 7.27. The maximum atomic E-state index is 12.2. The molecule has 1 aliphatic heterocycles. The van der Waals surface area contributed by atoms with E-state index >= 15 is 0 Å². The largest absolute Gasteiger partial charge is 0.333 e. The summed E-state index contributed by atoms with van der Waals surface area (Å²) < 4.78 is 1.58. The van der Waals surface area contributed by atoms with Crippen molar-refractivity contribution in [3.63, 3.8) is 0 Å². The topological polar surface area (TPSA) is 80.1 Å². The molecule has 2 aromatic heterocycles. The van der Waals surface area contributed by atoms with E-state index in [1.807, 2.05) is 0 Å². The summed E-state index contributed by atoms with van der Waals surface area (Å²) in [5.41, 5.74) is 0.570. The van der Waals surface area contributed by atoms with Gasteiger partial charge in [-0.3, -0.25) is 9.59 Å². The second-order valence-corrected chi connectivity index (χ2v) is 5.15. The van der Waals surface area contributed by atoms with Crippen LogP contribution in [0, 0.1) is 0 Å². The van der Waals surface area contributed by atoms with E-state index in [2.05, 4.69) is 15.4 Å². The number of piperidine rings is 1. The van der Waals surface area contributed by atoms with Crippen molar-refractivity contribution in [2.75, 3.05) is 18.4 Å². The Hall–Kier alpha value is -2.70. The summed E-state index contributed by atoms with van der Waals surface area (Å²) in [4.78, 5) is 29.8. The Morgan fingerprint density at radius 3 is 2.95 bits per heavy atom. The second-order valence-electron chi connectivity index (χ2n) is 5.15. The van der Waals surface area contributed by atoms with Crippen LogP contribution in [0.2, 0.25) is 0 Å². The second kappa shape index (κ2) is 6.38. The van der Waals surface area contributed by atoms with Gasteiger partial charge < -0.3 is 10.2 Å². The van der Waals surface area contributed by atoms with Gasteiger partial charge in [0.25, 0.3) is 0 Å². The first kappa shape index (κ1) is 14.2. The minimum Gasteiger partial charge on any atom is -0.333 e. The summed E-state index contributed by atoms with van der Waals surface area (Å²) in [5.74, 6) is 0.363. The Morgan fingerprint density at radius 2 is 2.18 bits per heavy atom. The molecule has 22 heavy (non-hydrogen) atoms. The SMILES string of the molecule is O=C(CN1CCCCC1=O)Nc1cccnc1-n1cccn1. The number of rotatable bonds is 4. The van der Waals surface area contributed by atoms with E-state index in [0.717, 1.165) is 12.8 Å². The molecule has 1 saturated heterocycles. The average Bonchev–Trinajstić information content (AvgIpc) is 3.04. The zero-order valence-corrected chi connectivity index (χ0v) is 12.1. The molecule has 0 atom stereocenters. The number of carbonyl (C=O) groups is 2. The van der Waals surface area contributed by atoms with Crippen LogP contribution in [0.4, 0.5) is 5.69 Å². The smallest absolute Gasteiger partial charge is 0.244 e. The van der Waals surface area contributed by atoms with Crippen LogP contribution >= 0.6 is 0 Å². The molecular formula is C15H17N5O2. The van der Waals surface area contributed by atoms with Crippen molar-refractivity contribution in [2.24, 2.45) is 0 Å². The van der Waals surface area contributed by atoms with Crippen LogP contribution in [0.15, 0.2) is 36.8 Å². The monoisotopic (exact) mass is 299 g/mol. The van der Waals surface area contributed by atoms with Gasteiger partial charge in [-0.15, -0.1) is 0 Å². The molecule has 2 amide bonds. The molecule has 1 N–H and O–H groups in total. The van der Waals surface area contributed by atoms with Gasteiger partial charge >= 0.3 is 0 Å². The first-order chi connectivity index (χ1) is 10.7. The molecule has 7 nitrogen and oxygen atoms in total. The van der Waals surface area contributed by atoms with E-state index in [0.29, 0.717) is 24.5 Å². The van der Waals surface area contributed by atoms with Crippen molar-refractivity contribution in [1.29, 1.82) is 0 Å². The van der Waals surface area contributed by atoms with Crippen LogP contribution in [0.25, 0.3) is 5.82 Å². The third kappa shape index (κ3) is 3.13. The van der Waals surface area contributed by atoms with Crippen LogP contribution in [0.3, 0.4) is 0 Å². The predicted molar refractivity (Wildman–Crippen MR) is 80.4 cm³/mol. The van der Waals surface area contributed by atoms with Crippen LogP contribution < -0.4 is 5.32 Å². The third-order valence-electron chi connectivity index (χ3n) is 3.54. The molecule has 0 radical (unpaired) electrons. The summed E-state index contributed by atoms with van der Waals surface area (Å²) >= 11 is 0. The van der Waals surface area contributed by atoms with E-state index < -0.39 is 0 Å². The lowest BCUT2D eigenvalue weighted by molar-refractivity contribution is -0.136. The van der Waals surface area contributed by atoms with Crippen LogP contribution in [-0.4, -0.2) is 44.6 Å². The zero-order chi connectivity index (χ0) is 15.4. The number of aromatic nitrogens is 3. The van der Waals surface area contributed by atoms with E-state index in [4.69, 9.17) is 0 Å². The molecule has 0 bridgehead atoms. The van der Waals surface area contributed by atoms with Gasteiger partial charge in [-0.05, 0) is 31.0 Å². The third-order valence-corrected chi connectivity index (χ3v) is 3.54. The van der Waals surface area contributed by atoms with Crippen molar-refractivity contribution in [1.82, 2.24) is 19.7 Å². The number of carbonyl (C=O) groups excluding carboxylic acids is 2. The van der Waals surface area contributed by atoms with E-state index in [1.54, 1.807) is 46.4 Å². The summed E-state index contributed by atoms with van der Waals surface area (Å²) in [6, 6.07) is 5.29. The maximum absolute atomic E-state index is 12.2. The molecule has 2 aromatic rings. The van der Waals surface area contributed by atoms with Crippen LogP contribution in [-0.2, 0) is 9.59 Å². The molecule has 0 saturated carbocycles. The quantitative estimate of drug-likeness (QED) is 0.920. The number of likely N-dealkylation sites (tertiary alicyclic amines) is 1. The average molecular weight is 299 g/mol. The number of anilines is 1. The van der Waals surface area contributed by atoms with Crippen LogP contribution in [0.5, 0.6) is 0 Å². The van der Waals surface area contributed by atoms with Gasteiger partial charge in [0.1, 0.15) is 0 Å². The Kier molecular flexibility index (Phi) is 4.13. The van der Waals surface area contributed by atoms with Gasteiger partial charge in [-0.1, -0.05) is 0 Å². The molecule has 3 rings (SSSR count). The minimum absolute atomic E-state index is 0.0416. The van der Waals surface area contributed by atoms with Gasteiger partial charge in [0, 0.05) is 31.6 Å². The highest BCUT2D eigenvalue weighted by Crippen LogP contribution is 2.16. The van der Waals surface area contributed by atoms with Crippen molar-refractivity contribution in [3.8, 4) is 5.82 Å². The Bertz CT molecular complexity index is 668. The zero-order valence-electron chi connectivity index (χ0n) is 12.1. The van der Waals surface area contributed by atoms with Gasteiger partial charge in [0.05, 0.1) is 12.2 Å². The molecular weight excluding hydrogens is 282 g/mol. The standard InChI is InChI=1S/C15H17N5O2/c21-13(11-19-9-2-1-6-14(19)22)18-12-5-3-7-16-15(12)20-10-4-8-17-20/h3-5,7-8,10H,1-2,6,9,11H2,(H,18,21). The Labute approximate surface area is 127 Å². The van der Waals surface area contributed by atoms with E-state index in [-0.39, 0.29) is 18.4 Å². The lowest BCUT2D eigenvalue weighted by atomic mass is 10.1. The van der Waals surface area contributed by atoms with Crippen molar-refractivity contribution in [3.05, 3.63) is 36.8 Å². The molecule has 3 heterocycles. The number of amides is 2. The van der Waals surface area contributed by atoms with Gasteiger partial charge in [-0.2, -0.15) is 5.10 Å². The van der Waals surface area contributed by atoms with E-state index in [1.165, 1.54) is 0 Å². The predicted octanol–water partition coefficient (Wildman–Crippen LogP) is 1.22. The maximum Gasteiger partial charge on any atom is 0.244 e. The van der Waals surface area contributed by atoms with Gasteiger partial charge in [0.2, 0.25) is 11.8 Å². The highest BCUT2D eigenvalue weighted by molar-refractivity contribution is 5.95. The highest BCUT2D eigenvalue weighted by Gasteiger charge is 2.21. The van der Waals surface area contributed by atoms with Gasteiger partial charge in [0.15, 0.2) is 5.82 Å².